The number of carboxylic acid groups (broad SMARTS) is 1. The SMILES string of the molecule is C#CCC(NC(=O)OCC1c2ccccc2-c2ccccc21)C(=O)N(CCCC(=O)O)C(C)C. The van der Waals surface area contributed by atoms with Crippen LogP contribution >= 0.6 is 0 Å². The van der Waals surface area contributed by atoms with Crippen LogP contribution in [0.4, 0.5) is 4.79 Å². The number of terminal acetylenes is 1. The van der Waals surface area contributed by atoms with E-state index in [1.165, 1.54) is 4.90 Å². The number of benzene rings is 2. The zero-order valence-electron chi connectivity index (χ0n) is 19.5. The fourth-order valence-electron chi connectivity index (χ4n) is 4.32. The molecule has 1 atom stereocenters. The first-order valence-corrected chi connectivity index (χ1v) is 11.4. The summed E-state index contributed by atoms with van der Waals surface area (Å²) < 4.78 is 5.55. The second kappa shape index (κ2) is 11.4. The number of rotatable bonds is 10. The van der Waals surface area contributed by atoms with Crippen molar-refractivity contribution in [1.29, 1.82) is 0 Å². The third-order valence-electron chi connectivity index (χ3n) is 5.95. The van der Waals surface area contributed by atoms with E-state index in [2.05, 4.69) is 23.4 Å². The Bertz CT molecular complexity index is 1040. The Morgan fingerprint density at radius 1 is 1.09 bits per heavy atom. The predicted molar refractivity (Wildman–Crippen MR) is 129 cm³/mol. The molecule has 1 aliphatic rings. The summed E-state index contributed by atoms with van der Waals surface area (Å²) >= 11 is 0. The highest BCUT2D eigenvalue weighted by Gasteiger charge is 2.31. The molecule has 34 heavy (non-hydrogen) atoms. The molecule has 0 bridgehead atoms. The van der Waals surface area contributed by atoms with Gasteiger partial charge in [-0.15, -0.1) is 12.3 Å². The fraction of sp³-hybridized carbons (Fsp3) is 0.370. The summed E-state index contributed by atoms with van der Waals surface area (Å²) in [4.78, 5) is 38.1. The minimum atomic E-state index is -0.951. The van der Waals surface area contributed by atoms with Gasteiger partial charge in [0.2, 0.25) is 5.91 Å². The van der Waals surface area contributed by atoms with Crippen molar-refractivity contribution in [2.24, 2.45) is 0 Å². The van der Waals surface area contributed by atoms with Gasteiger partial charge in [-0.05, 0) is 42.5 Å². The van der Waals surface area contributed by atoms with Crippen LogP contribution in [0.1, 0.15) is 50.2 Å². The van der Waals surface area contributed by atoms with Crippen LogP contribution in [0, 0.1) is 12.3 Å². The van der Waals surface area contributed by atoms with E-state index in [1.807, 2.05) is 50.2 Å². The van der Waals surface area contributed by atoms with Crippen LogP contribution < -0.4 is 5.32 Å². The van der Waals surface area contributed by atoms with Gasteiger partial charge in [-0.2, -0.15) is 0 Å². The summed E-state index contributed by atoms with van der Waals surface area (Å²) in [7, 11) is 0. The maximum absolute atomic E-state index is 13.1. The summed E-state index contributed by atoms with van der Waals surface area (Å²) in [5.74, 6) is 1.06. The molecule has 1 unspecified atom stereocenters. The third-order valence-corrected chi connectivity index (χ3v) is 5.95. The smallest absolute Gasteiger partial charge is 0.407 e. The molecule has 7 nitrogen and oxygen atoms in total. The van der Waals surface area contributed by atoms with E-state index in [0.717, 1.165) is 22.3 Å². The van der Waals surface area contributed by atoms with E-state index in [-0.39, 0.29) is 43.9 Å². The van der Waals surface area contributed by atoms with Crippen molar-refractivity contribution in [2.45, 2.75) is 51.1 Å². The molecule has 2 N–H and O–H groups in total. The van der Waals surface area contributed by atoms with Crippen molar-refractivity contribution in [3.8, 4) is 23.5 Å². The van der Waals surface area contributed by atoms with Crippen LogP contribution in [0.25, 0.3) is 11.1 Å². The molecule has 2 aromatic carbocycles. The first kappa shape index (κ1) is 24.8. The number of carboxylic acids is 1. The molecular formula is C27H30N2O5. The predicted octanol–water partition coefficient (Wildman–Crippen LogP) is 4.02. The lowest BCUT2D eigenvalue weighted by Gasteiger charge is -2.30. The first-order valence-electron chi connectivity index (χ1n) is 11.4. The summed E-state index contributed by atoms with van der Waals surface area (Å²) in [5, 5.41) is 11.5. The van der Waals surface area contributed by atoms with Crippen LogP contribution in [0.3, 0.4) is 0 Å². The lowest BCUT2D eigenvalue weighted by molar-refractivity contribution is -0.139. The highest BCUT2D eigenvalue weighted by Crippen LogP contribution is 2.44. The minimum Gasteiger partial charge on any atom is -0.481 e. The average molecular weight is 463 g/mol. The number of amides is 2. The standard InChI is InChI=1S/C27H30N2O5/c1-4-10-24(26(32)29(18(2)3)16-9-15-25(30)31)28-27(33)34-17-23-21-13-7-5-11-19(21)20-12-6-8-14-22(20)23/h1,5-8,11-14,18,23-24H,9-10,15-17H2,2-3H3,(H,28,33)(H,30,31). The van der Waals surface area contributed by atoms with Crippen LogP contribution in [0.2, 0.25) is 0 Å². The molecule has 7 heteroatoms. The van der Waals surface area contributed by atoms with E-state index in [4.69, 9.17) is 16.3 Å². The molecule has 1 aliphatic carbocycles. The average Bonchev–Trinajstić information content (AvgIpc) is 3.13. The van der Waals surface area contributed by atoms with Crippen molar-refractivity contribution >= 4 is 18.0 Å². The number of nitrogens with one attached hydrogen (secondary N) is 1. The van der Waals surface area contributed by atoms with Gasteiger partial charge in [-0.1, -0.05) is 48.5 Å². The van der Waals surface area contributed by atoms with Gasteiger partial charge in [-0.25, -0.2) is 4.79 Å². The monoisotopic (exact) mass is 462 g/mol. The van der Waals surface area contributed by atoms with Crippen LogP contribution in [-0.4, -0.2) is 53.2 Å². The Kier molecular flexibility index (Phi) is 8.31. The summed E-state index contributed by atoms with van der Waals surface area (Å²) in [6, 6.07) is 14.9. The molecule has 0 saturated heterocycles. The van der Waals surface area contributed by atoms with Gasteiger partial charge < -0.3 is 20.1 Å². The number of carbonyl (C=O) groups is 3. The van der Waals surface area contributed by atoms with Gasteiger partial charge in [0.05, 0.1) is 0 Å². The number of hydrogen-bond acceptors (Lipinski definition) is 4. The molecule has 0 heterocycles. The molecule has 0 spiro atoms. The Morgan fingerprint density at radius 2 is 1.68 bits per heavy atom. The molecule has 178 valence electrons. The largest absolute Gasteiger partial charge is 0.481 e. The summed E-state index contributed by atoms with van der Waals surface area (Å²) in [5.41, 5.74) is 4.44. The molecular weight excluding hydrogens is 432 g/mol. The zero-order chi connectivity index (χ0) is 24.7. The van der Waals surface area contributed by atoms with Crippen molar-refractivity contribution in [2.75, 3.05) is 13.2 Å². The van der Waals surface area contributed by atoms with Gasteiger partial charge in [0.25, 0.3) is 0 Å². The number of carbonyl (C=O) groups excluding carboxylic acids is 2. The lowest BCUT2D eigenvalue weighted by Crippen LogP contribution is -2.51. The molecule has 0 fully saturated rings. The maximum Gasteiger partial charge on any atom is 0.407 e. The Labute approximate surface area is 200 Å². The number of ether oxygens (including phenoxy) is 1. The number of fused-ring (bicyclic) bond motifs is 3. The van der Waals surface area contributed by atoms with Gasteiger partial charge in [0.1, 0.15) is 12.6 Å². The van der Waals surface area contributed by atoms with Crippen LogP contribution in [0.5, 0.6) is 0 Å². The van der Waals surface area contributed by atoms with E-state index in [9.17, 15) is 14.4 Å². The second-order valence-corrected chi connectivity index (χ2v) is 8.55. The summed E-state index contributed by atoms with van der Waals surface area (Å²) in [6.07, 6.45) is 5.00. The van der Waals surface area contributed by atoms with E-state index in [1.54, 1.807) is 0 Å². The van der Waals surface area contributed by atoms with Crippen molar-refractivity contribution < 1.29 is 24.2 Å². The Hall–Kier alpha value is -3.79. The van der Waals surface area contributed by atoms with Gasteiger partial charge in [0.15, 0.2) is 0 Å². The first-order chi connectivity index (χ1) is 16.3. The minimum absolute atomic E-state index is 0.00514. The maximum atomic E-state index is 13.1. The Morgan fingerprint density at radius 3 is 2.21 bits per heavy atom. The van der Waals surface area contributed by atoms with Crippen molar-refractivity contribution in [1.82, 2.24) is 10.2 Å². The lowest BCUT2D eigenvalue weighted by atomic mass is 9.98. The highest BCUT2D eigenvalue weighted by molar-refractivity contribution is 5.86. The van der Waals surface area contributed by atoms with Crippen molar-refractivity contribution in [3.63, 3.8) is 0 Å². The molecule has 2 aromatic rings. The highest BCUT2D eigenvalue weighted by atomic mass is 16.5. The fourth-order valence-corrected chi connectivity index (χ4v) is 4.32. The quantitative estimate of drug-likeness (QED) is 0.520. The van der Waals surface area contributed by atoms with Gasteiger partial charge in [0, 0.05) is 31.3 Å². The van der Waals surface area contributed by atoms with Crippen molar-refractivity contribution in [3.05, 3.63) is 59.7 Å². The van der Waals surface area contributed by atoms with Crippen LogP contribution in [0.15, 0.2) is 48.5 Å². The third kappa shape index (κ3) is 5.76. The Balaban J connectivity index is 1.65. The van der Waals surface area contributed by atoms with E-state index in [0.29, 0.717) is 6.42 Å². The molecule has 3 rings (SSSR count). The van der Waals surface area contributed by atoms with E-state index >= 15 is 0 Å². The summed E-state index contributed by atoms with van der Waals surface area (Å²) in [6.45, 7) is 4.05. The number of alkyl carbamates (subject to hydrolysis) is 1. The van der Waals surface area contributed by atoms with Gasteiger partial charge >= 0.3 is 12.1 Å². The molecule has 0 saturated carbocycles. The molecule has 0 aliphatic heterocycles. The topological polar surface area (TPSA) is 95.9 Å². The molecule has 2 amide bonds. The second-order valence-electron chi connectivity index (χ2n) is 8.55. The number of nitrogens with zero attached hydrogens (tertiary/aromatic N) is 1. The zero-order valence-corrected chi connectivity index (χ0v) is 19.5. The van der Waals surface area contributed by atoms with Gasteiger partial charge in [-0.3, -0.25) is 9.59 Å². The normalized spacial score (nSPS) is 12.9. The molecule has 0 aromatic heterocycles. The van der Waals surface area contributed by atoms with E-state index < -0.39 is 18.1 Å². The number of hydrogen-bond donors (Lipinski definition) is 2. The van der Waals surface area contributed by atoms with Crippen LogP contribution in [-0.2, 0) is 14.3 Å². The molecule has 0 radical (unpaired) electrons. The number of aliphatic carboxylic acids is 1.